The third-order valence-electron chi connectivity index (χ3n) is 5.37. The van der Waals surface area contributed by atoms with Crippen molar-refractivity contribution in [3.05, 3.63) is 28.2 Å². The van der Waals surface area contributed by atoms with Crippen molar-refractivity contribution >= 4 is 5.91 Å². The first-order chi connectivity index (χ1) is 12.1. The molecule has 0 aliphatic carbocycles. The summed E-state index contributed by atoms with van der Waals surface area (Å²) in [5, 5.41) is 9.72. The molecule has 0 aromatic carbocycles. The Kier molecular flexibility index (Phi) is 5.75. The Morgan fingerprint density at radius 3 is 2.64 bits per heavy atom. The summed E-state index contributed by atoms with van der Waals surface area (Å²) in [6, 6.07) is 1.28. The van der Waals surface area contributed by atoms with E-state index >= 15 is 0 Å². The second kappa shape index (κ2) is 8.01. The van der Waals surface area contributed by atoms with E-state index in [-0.39, 0.29) is 41.2 Å². The number of aromatic amines is 1. The number of amides is 1. The molecule has 3 heterocycles. The lowest BCUT2D eigenvalue weighted by Crippen LogP contribution is -2.37. The van der Waals surface area contributed by atoms with E-state index in [1.807, 2.05) is 0 Å². The van der Waals surface area contributed by atoms with Crippen LogP contribution < -0.4 is 10.2 Å². The van der Waals surface area contributed by atoms with Crippen molar-refractivity contribution in [2.45, 2.75) is 19.3 Å². The minimum Gasteiger partial charge on any atom is -0.491 e. The summed E-state index contributed by atoms with van der Waals surface area (Å²) in [5.41, 5.74) is -0.0477. The molecule has 0 saturated carbocycles. The minimum atomic E-state index is -0.313. The second-order valence-electron chi connectivity index (χ2n) is 7.05. The maximum Gasteiger partial charge on any atom is 0.270 e. The number of ether oxygens (including phenoxy) is 1. The lowest BCUT2D eigenvalue weighted by atomic mass is 9.95. The number of nitrogens with one attached hydrogen (secondary N) is 1. The smallest absolute Gasteiger partial charge is 0.270 e. The Hall–Kier alpha value is -1.86. The first-order valence-corrected chi connectivity index (χ1v) is 9.01. The predicted octanol–water partition coefficient (Wildman–Crippen LogP) is 0.550. The average Bonchev–Trinajstić information content (AvgIpc) is 3.04. The van der Waals surface area contributed by atoms with Gasteiger partial charge in [-0.2, -0.15) is 0 Å². The van der Waals surface area contributed by atoms with E-state index in [1.165, 1.54) is 38.6 Å². The zero-order valence-corrected chi connectivity index (χ0v) is 14.7. The van der Waals surface area contributed by atoms with Crippen LogP contribution in [-0.2, 0) is 0 Å². The Labute approximate surface area is 147 Å². The van der Waals surface area contributed by atoms with Crippen LogP contribution in [0.15, 0.2) is 17.1 Å². The monoisotopic (exact) mass is 349 g/mol. The molecular weight excluding hydrogens is 322 g/mol. The largest absolute Gasteiger partial charge is 0.491 e. The fraction of sp³-hybridized carbons (Fsp3) is 0.667. The van der Waals surface area contributed by atoms with Gasteiger partial charge in [0.1, 0.15) is 5.69 Å². The van der Waals surface area contributed by atoms with Crippen LogP contribution in [0.25, 0.3) is 0 Å². The molecule has 7 heteroatoms. The zero-order chi connectivity index (χ0) is 17.8. The normalized spacial score (nSPS) is 24.5. The number of aliphatic hydroxyl groups is 1. The highest BCUT2D eigenvalue weighted by molar-refractivity contribution is 5.92. The summed E-state index contributed by atoms with van der Waals surface area (Å²) in [5.74, 6) is 0.362. The van der Waals surface area contributed by atoms with E-state index < -0.39 is 0 Å². The minimum absolute atomic E-state index is 0.0847. The van der Waals surface area contributed by atoms with Crippen molar-refractivity contribution in [1.82, 2.24) is 14.8 Å². The maximum atomic E-state index is 12.7. The van der Waals surface area contributed by atoms with Crippen molar-refractivity contribution in [3.8, 4) is 5.75 Å². The molecule has 2 aliphatic heterocycles. The van der Waals surface area contributed by atoms with Crippen LogP contribution in [0.1, 0.15) is 29.8 Å². The van der Waals surface area contributed by atoms with Gasteiger partial charge in [-0.1, -0.05) is 6.42 Å². The molecule has 0 bridgehead atoms. The van der Waals surface area contributed by atoms with E-state index in [0.29, 0.717) is 13.1 Å². The Morgan fingerprint density at radius 1 is 1.28 bits per heavy atom. The number of pyridine rings is 1. The van der Waals surface area contributed by atoms with Crippen LogP contribution in [0.5, 0.6) is 5.75 Å². The number of carbonyl (C=O) groups is 1. The molecule has 2 atom stereocenters. The highest BCUT2D eigenvalue weighted by atomic mass is 16.5. The van der Waals surface area contributed by atoms with E-state index in [1.54, 1.807) is 4.90 Å². The third kappa shape index (κ3) is 4.04. The number of aliphatic hydroxyl groups excluding tert-OH is 1. The SMILES string of the molecule is COc1c[nH]c(C(=O)N2C[C@@H](CN3CCCCC3)[C@@H](CO)C2)cc1=O. The first-order valence-electron chi connectivity index (χ1n) is 9.01. The molecule has 2 N–H and O–H groups in total. The van der Waals surface area contributed by atoms with Gasteiger partial charge in [0.05, 0.1) is 7.11 Å². The molecule has 25 heavy (non-hydrogen) atoms. The van der Waals surface area contributed by atoms with Crippen LogP contribution in [0.4, 0.5) is 0 Å². The first kappa shape index (κ1) is 17.9. The van der Waals surface area contributed by atoms with Crippen LogP contribution in [0.2, 0.25) is 0 Å². The van der Waals surface area contributed by atoms with Crippen LogP contribution in [0, 0.1) is 11.8 Å². The van der Waals surface area contributed by atoms with Gasteiger partial charge >= 0.3 is 0 Å². The Morgan fingerprint density at radius 2 is 2.00 bits per heavy atom. The van der Waals surface area contributed by atoms with Gasteiger partial charge in [0.15, 0.2) is 5.75 Å². The molecule has 0 unspecified atom stereocenters. The van der Waals surface area contributed by atoms with Gasteiger partial charge in [0.25, 0.3) is 5.91 Å². The molecule has 138 valence electrons. The number of nitrogens with zero attached hydrogens (tertiary/aromatic N) is 2. The molecule has 0 radical (unpaired) electrons. The fourth-order valence-corrected chi connectivity index (χ4v) is 3.90. The van der Waals surface area contributed by atoms with Gasteiger partial charge in [-0.25, -0.2) is 0 Å². The van der Waals surface area contributed by atoms with E-state index in [9.17, 15) is 14.7 Å². The number of carbonyl (C=O) groups excluding carboxylic acids is 1. The quantitative estimate of drug-likeness (QED) is 0.811. The van der Waals surface area contributed by atoms with Crippen LogP contribution in [0.3, 0.4) is 0 Å². The molecular formula is C18H27N3O4. The summed E-state index contributed by atoms with van der Waals surface area (Å²) in [7, 11) is 1.42. The van der Waals surface area contributed by atoms with Crippen molar-refractivity contribution in [3.63, 3.8) is 0 Å². The standard InChI is InChI=1S/C18H27N3O4/c1-25-17-8-19-15(7-16(17)23)18(24)21-10-13(14(11-21)12-22)9-20-5-3-2-4-6-20/h7-8,13-14,22H,2-6,9-12H2,1H3,(H,19,23)/t13-,14-/m1/s1. The van der Waals surface area contributed by atoms with E-state index in [0.717, 1.165) is 19.6 Å². The van der Waals surface area contributed by atoms with Gasteiger partial charge in [-0.05, 0) is 31.8 Å². The second-order valence-corrected chi connectivity index (χ2v) is 7.05. The predicted molar refractivity (Wildman–Crippen MR) is 93.9 cm³/mol. The zero-order valence-electron chi connectivity index (χ0n) is 14.7. The van der Waals surface area contributed by atoms with E-state index in [2.05, 4.69) is 9.88 Å². The summed E-state index contributed by atoms with van der Waals surface area (Å²) in [6.45, 7) is 4.37. The molecule has 2 fully saturated rings. The summed E-state index contributed by atoms with van der Waals surface area (Å²) >= 11 is 0. The van der Waals surface area contributed by atoms with Crippen molar-refractivity contribution < 1.29 is 14.6 Å². The summed E-state index contributed by atoms with van der Waals surface area (Å²) in [4.78, 5) is 31.6. The molecule has 7 nitrogen and oxygen atoms in total. The van der Waals surface area contributed by atoms with E-state index in [4.69, 9.17) is 4.74 Å². The van der Waals surface area contributed by atoms with Gasteiger partial charge < -0.3 is 24.6 Å². The summed E-state index contributed by atoms with van der Waals surface area (Å²) < 4.78 is 4.93. The van der Waals surface area contributed by atoms with Crippen molar-refractivity contribution in [2.75, 3.05) is 46.4 Å². The van der Waals surface area contributed by atoms with Gasteiger partial charge in [-0.3, -0.25) is 9.59 Å². The maximum absolute atomic E-state index is 12.7. The highest BCUT2D eigenvalue weighted by Gasteiger charge is 2.36. The van der Waals surface area contributed by atoms with Gasteiger partial charge in [0, 0.05) is 44.4 Å². The molecule has 1 aromatic heterocycles. The third-order valence-corrected chi connectivity index (χ3v) is 5.37. The lowest BCUT2D eigenvalue weighted by Gasteiger charge is -2.30. The van der Waals surface area contributed by atoms with Crippen LogP contribution >= 0.6 is 0 Å². The molecule has 1 amide bonds. The lowest BCUT2D eigenvalue weighted by molar-refractivity contribution is 0.0772. The number of methoxy groups -OCH3 is 1. The van der Waals surface area contributed by atoms with Gasteiger partial charge in [-0.15, -0.1) is 0 Å². The van der Waals surface area contributed by atoms with Crippen molar-refractivity contribution in [1.29, 1.82) is 0 Å². The molecule has 0 spiro atoms. The molecule has 1 aromatic rings. The van der Waals surface area contributed by atoms with Crippen molar-refractivity contribution in [2.24, 2.45) is 11.8 Å². The topological polar surface area (TPSA) is 85.9 Å². The number of piperidine rings is 1. The average molecular weight is 349 g/mol. The number of hydrogen-bond acceptors (Lipinski definition) is 5. The Balaban J connectivity index is 1.67. The molecule has 2 aliphatic rings. The summed E-state index contributed by atoms with van der Waals surface area (Å²) in [6.07, 6.45) is 5.17. The number of H-pyrrole nitrogens is 1. The van der Waals surface area contributed by atoms with Crippen LogP contribution in [-0.4, -0.2) is 72.2 Å². The fourth-order valence-electron chi connectivity index (χ4n) is 3.90. The number of hydrogen-bond donors (Lipinski definition) is 2. The number of likely N-dealkylation sites (tertiary alicyclic amines) is 2. The number of rotatable bonds is 5. The Bertz CT molecular complexity index is 654. The van der Waals surface area contributed by atoms with Gasteiger partial charge in [0.2, 0.25) is 5.43 Å². The molecule has 2 saturated heterocycles. The highest BCUT2D eigenvalue weighted by Crippen LogP contribution is 2.26. The number of aromatic nitrogens is 1. The molecule has 3 rings (SSSR count).